The molecule has 1 nitrogen and oxygen atoms in total. The molecule has 0 atom stereocenters. The lowest BCUT2D eigenvalue weighted by atomic mass is 10.0. The van der Waals surface area contributed by atoms with E-state index in [0.717, 1.165) is 28.5 Å². The molecular weight excluding hydrogens is 172 g/mol. The fourth-order valence-corrected chi connectivity index (χ4v) is 1.57. The molecule has 1 aromatic carbocycles. The number of hydrogen-bond donors (Lipinski definition) is 0. The monoisotopic (exact) mass is 182 g/mol. The summed E-state index contributed by atoms with van der Waals surface area (Å²) in [5.41, 5.74) is 3.80. The van der Waals surface area contributed by atoms with Gasteiger partial charge in [0.25, 0.3) is 0 Å². The van der Waals surface area contributed by atoms with Crippen molar-refractivity contribution in [2.75, 3.05) is 0 Å². The van der Waals surface area contributed by atoms with Crippen LogP contribution in [0.25, 0.3) is 0 Å². The van der Waals surface area contributed by atoms with E-state index in [4.69, 9.17) is 11.6 Å². The molecule has 12 heavy (non-hydrogen) atoms. The van der Waals surface area contributed by atoms with Gasteiger partial charge in [0.15, 0.2) is 6.29 Å². The van der Waals surface area contributed by atoms with Gasteiger partial charge in [0.2, 0.25) is 0 Å². The molecule has 0 aromatic heterocycles. The van der Waals surface area contributed by atoms with Crippen LogP contribution >= 0.6 is 11.6 Å². The third kappa shape index (κ3) is 1.67. The second-order valence-corrected chi connectivity index (χ2v) is 3.17. The number of halogens is 1. The van der Waals surface area contributed by atoms with Crippen LogP contribution < -0.4 is 0 Å². The first-order chi connectivity index (χ1) is 5.69. The summed E-state index contributed by atoms with van der Waals surface area (Å²) >= 11 is 5.70. The van der Waals surface area contributed by atoms with E-state index >= 15 is 0 Å². The summed E-state index contributed by atoms with van der Waals surface area (Å²) in [6.45, 7) is 3.92. The fourth-order valence-electron chi connectivity index (χ4n) is 1.35. The van der Waals surface area contributed by atoms with Crippen molar-refractivity contribution in [1.29, 1.82) is 0 Å². The first kappa shape index (κ1) is 9.27. The van der Waals surface area contributed by atoms with Gasteiger partial charge in [0.05, 0.1) is 0 Å². The minimum Gasteiger partial charge on any atom is -0.298 e. The molecule has 0 N–H and O–H groups in total. The zero-order valence-electron chi connectivity index (χ0n) is 7.23. The summed E-state index contributed by atoms with van der Waals surface area (Å²) in [4.78, 5) is 10.7. The molecule has 1 rings (SSSR count). The van der Waals surface area contributed by atoms with Crippen LogP contribution in [0.3, 0.4) is 0 Å². The van der Waals surface area contributed by atoms with Gasteiger partial charge in [-0.05, 0) is 25.0 Å². The lowest BCUT2D eigenvalue weighted by Gasteiger charge is -2.05. The molecule has 64 valence electrons. The third-order valence-electron chi connectivity index (χ3n) is 1.88. The quantitative estimate of drug-likeness (QED) is 0.508. The van der Waals surface area contributed by atoms with Gasteiger partial charge in [-0.3, -0.25) is 4.79 Å². The van der Waals surface area contributed by atoms with Gasteiger partial charge in [-0.2, -0.15) is 0 Å². The van der Waals surface area contributed by atoms with E-state index in [-0.39, 0.29) is 0 Å². The number of aldehydes is 1. The standard InChI is InChI=1S/C10H11ClO/c1-7-3-8(2)10(6-12)9(4-7)5-11/h3-4,6H,5H2,1-2H3. The SMILES string of the molecule is Cc1cc(C)c(C=O)c(CCl)c1. The molecule has 0 saturated carbocycles. The van der Waals surface area contributed by atoms with Crippen molar-refractivity contribution in [3.63, 3.8) is 0 Å². The van der Waals surface area contributed by atoms with Gasteiger partial charge in [-0.15, -0.1) is 11.6 Å². The molecule has 0 bridgehead atoms. The number of benzene rings is 1. The Morgan fingerprint density at radius 2 is 2.08 bits per heavy atom. The summed E-state index contributed by atoms with van der Waals surface area (Å²) in [6.07, 6.45) is 0.868. The van der Waals surface area contributed by atoms with Crippen LogP contribution in [0.15, 0.2) is 12.1 Å². The van der Waals surface area contributed by atoms with Crippen molar-refractivity contribution in [2.45, 2.75) is 19.7 Å². The van der Waals surface area contributed by atoms with E-state index < -0.39 is 0 Å². The Balaban J connectivity index is 3.33. The van der Waals surface area contributed by atoms with E-state index in [1.165, 1.54) is 0 Å². The zero-order chi connectivity index (χ0) is 9.14. The molecule has 0 aliphatic carbocycles. The maximum Gasteiger partial charge on any atom is 0.150 e. The highest BCUT2D eigenvalue weighted by atomic mass is 35.5. The largest absolute Gasteiger partial charge is 0.298 e. The number of rotatable bonds is 2. The first-order valence-corrected chi connectivity index (χ1v) is 4.33. The Morgan fingerprint density at radius 1 is 1.42 bits per heavy atom. The van der Waals surface area contributed by atoms with Crippen LogP contribution in [0.5, 0.6) is 0 Å². The Hall–Kier alpha value is -0.820. The average Bonchev–Trinajstić information content (AvgIpc) is 2.03. The van der Waals surface area contributed by atoms with Gasteiger partial charge in [-0.1, -0.05) is 17.7 Å². The summed E-state index contributed by atoms with van der Waals surface area (Å²) in [5.74, 6) is 0.399. The average molecular weight is 183 g/mol. The van der Waals surface area contributed by atoms with Crippen LogP contribution in [0.4, 0.5) is 0 Å². The van der Waals surface area contributed by atoms with Gasteiger partial charge < -0.3 is 0 Å². The predicted octanol–water partition coefficient (Wildman–Crippen LogP) is 2.85. The van der Waals surface area contributed by atoms with Gasteiger partial charge in [0, 0.05) is 11.4 Å². The molecule has 0 saturated heterocycles. The van der Waals surface area contributed by atoms with E-state index in [1.54, 1.807) is 0 Å². The Kier molecular flexibility index (Phi) is 2.88. The summed E-state index contributed by atoms with van der Waals surface area (Å²) < 4.78 is 0. The fraction of sp³-hybridized carbons (Fsp3) is 0.300. The van der Waals surface area contributed by atoms with Crippen LogP contribution in [-0.4, -0.2) is 6.29 Å². The van der Waals surface area contributed by atoms with Crippen LogP contribution in [0.1, 0.15) is 27.0 Å². The lowest BCUT2D eigenvalue weighted by molar-refractivity contribution is 0.112. The number of hydrogen-bond acceptors (Lipinski definition) is 1. The van der Waals surface area contributed by atoms with Crippen molar-refractivity contribution in [3.05, 3.63) is 34.4 Å². The highest BCUT2D eigenvalue weighted by molar-refractivity contribution is 6.17. The topological polar surface area (TPSA) is 17.1 Å². The van der Waals surface area contributed by atoms with Crippen molar-refractivity contribution in [2.24, 2.45) is 0 Å². The van der Waals surface area contributed by atoms with Crippen molar-refractivity contribution < 1.29 is 4.79 Å². The van der Waals surface area contributed by atoms with E-state index in [2.05, 4.69) is 0 Å². The molecule has 0 amide bonds. The molecule has 2 heteroatoms. The van der Waals surface area contributed by atoms with E-state index in [1.807, 2.05) is 26.0 Å². The van der Waals surface area contributed by atoms with Crippen LogP contribution in [0, 0.1) is 13.8 Å². The number of carbonyl (C=O) groups excluding carboxylic acids is 1. The maximum atomic E-state index is 10.7. The third-order valence-corrected chi connectivity index (χ3v) is 2.17. The second kappa shape index (κ2) is 3.72. The van der Waals surface area contributed by atoms with Crippen molar-refractivity contribution in [3.8, 4) is 0 Å². The molecule has 0 unspecified atom stereocenters. The van der Waals surface area contributed by atoms with Crippen LogP contribution in [0.2, 0.25) is 0 Å². The number of carbonyl (C=O) groups is 1. The van der Waals surface area contributed by atoms with Crippen molar-refractivity contribution in [1.82, 2.24) is 0 Å². The second-order valence-electron chi connectivity index (χ2n) is 2.91. The summed E-state index contributed by atoms with van der Waals surface area (Å²) in [5, 5.41) is 0. The first-order valence-electron chi connectivity index (χ1n) is 3.80. The highest BCUT2D eigenvalue weighted by Crippen LogP contribution is 2.16. The van der Waals surface area contributed by atoms with Gasteiger partial charge in [-0.25, -0.2) is 0 Å². The molecule has 0 fully saturated rings. The van der Waals surface area contributed by atoms with Gasteiger partial charge in [0.1, 0.15) is 0 Å². The normalized spacial score (nSPS) is 9.92. The molecule has 0 radical (unpaired) electrons. The summed E-state index contributed by atoms with van der Waals surface area (Å²) in [6, 6.07) is 3.93. The molecule has 0 aliphatic rings. The minimum absolute atomic E-state index is 0.399. The Bertz CT molecular complexity index is 305. The number of aryl methyl sites for hydroxylation is 2. The molecule has 1 aromatic rings. The minimum atomic E-state index is 0.399. The highest BCUT2D eigenvalue weighted by Gasteiger charge is 2.04. The lowest BCUT2D eigenvalue weighted by Crippen LogP contribution is -1.94. The maximum absolute atomic E-state index is 10.7. The Morgan fingerprint density at radius 3 is 2.58 bits per heavy atom. The number of alkyl halides is 1. The van der Waals surface area contributed by atoms with E-state index in [0.29, 0.717) is 5.88 Å². The van der Waals surface area contributed by atoms with Crippen molar-refractivity contribution >= 4 is 17.9 Å². The van der Waals surface area contributed by atoms with E-state index in [9.17, 15) is 4.79 Å². The predicted molar refractivity (Wildman–Crippen MR) is 50.9 cm³/mol. The Labute approximate surface area is 77.4 Å². The smallest absolute Gasteiger partial charge is 0.150 e. The molecule has 0 aliphatic heterocycles. The van der Waals surface area contributed by atoms with Gasteiger partial charge >= 0.3 is 0 Å². The zero-order valence-corrected chi connectivity index (χ0v) is 7.98. The molecule has 0 spiro atoms. The summed E-state index contributed by atoms with van der Waals surface area (Å²) in [7, 11) is 0. The molecular formula is C10H11ClO. The van der Waals surface area contributed by atoms with Crippen LogP contribution in [-0.2, 0) is 5.88 Å². The molecule has 0 heterocycles.